The van der Waals surface area contributed by atoms with E-state index in [0.717, 1.165) is 23.5 Å². The van der Waals surface area contributed by atoms with E-state index in [1.54, 1.807) is 6.07 Å². The molecule has 0 saturated heterocycles. The molecule has 1 rings (SSSR count). The van der Waals surface area contributed by atoms with E-state index in [1.807, 2.05) is 18.8 Å². The van der Waals surface area contributed by atoms with Gasteiger partial charge in [-0.25, -0.2) is 8.78 Å². The third-order valence-corrected chi connectivity index (χ3v) is 3.59. The Labute approximate surface area is 99.6 Å². The van der Waals surface area contributed by atoms with Gasteiger partial charge in [0.1, 0.15) is 0 Å². The Balaban J connectivity index is 2.67. The summed E-state index contributed by atoms with van der Waals surface area (Å²) in [5, 5.41) is 3.11. The number of hydrogen-bond donors (Lipinski definition) is 1. The molecule has 4 heteroatoms. The van der Waals surface area contributed by atoms with E-state index in [4.69, 9.17) is 0 Å². The molecule has 0 heterocycles. The number of hydrogen-bond acceptors (Lipinski definition) is 2. The molecular formula is C12H17F2NS. The maximum atomic E-state index is 13.1. The van der Waals surface area contributed by atoms with Gasteiger partial charge >= 0.3 is 0 Å². The Hall–Kier alpha value is -0.610. The summed E-state index contributed by atoms with van der Waals surface area (Å²) in [6.07, 6.45) is 1.12. The standard InChI is InChI=1S/C12H17F2NS/c1-3-6-16-8-12(15-2)9-4-5-10(13)11(14)7-9/h4-5,7,12,15H,3,6,8H2,1-2H3. The molecule has 1 unspecified atom stereocenters. The fourth-order valence-corrected chi connectivity index (χ4v) is 2.47. The summed E-state index contributed by atoms with van der Waals surface area (Å²) in [5.74, 6) is 0.384. The van der Waals surface area contributed by atoms with Gasteiger partial charge < -0.3 is 5.32 Å². The van der Waals surface area contributed by atoms with Crippen molar-refractivity contribution in [3.05, 3.63) is 35.4 Å². The molecule has 0 amide bonds. The molecule has 1 N–H and O–H groups in total. The van der Waals surface area contributed by atoms with Crippen molar-refractivity contribution in [3.63, 3.8) is 0 Å². The molecule has 0 radical (unpaired) electrons. The van der Waals surface area contributed by atoms with E-state index in [0.29, 0.717) is 0 Å². The van der Waals surface area contributed by atoms with Crippen LogP contribution >= 0.6 is 11.8 Å². The predicted octanol–water partition coefficient (Wildman–Crippen LogP) is 3.37. The highest BCUT2D eigenvalue weighted by Crippen LogP contribution is 2.20. The lowest BCUT2D eigenvalue weighted by Gasteiger charge is -2.16. The molecule has 0 fully saturated rings. The highest BCUT2D eigenvalue weighted by atomic mass is 32.2. The normalized spacial score (nSPS) is 12.8. The van der Waals surface area contributed by atoms with Crippen molar-refractivity contribution in [2.45, 2.75) is 19.4 Å². The zero-order chi connectivity index (χ0) is 12.0. The van der Waals surface area contributed by atoms with Crippen LogP contribution in [0.2, 0.25) is 0 Å². The predicted molar refractivity (Wildman–Crippen MR) is 65.8 cm³/mol. The molecule has 0 bridgehead atoms. The zero-order valence-corrected chi connectivity index (χ0v) is 10.4. The summed E-state index contributed by atoms with van der Waals surface area (Å²) in [5.41, 5.74) is 0.796. The third kappa shape index (κ3) is 3.76. The van der Waals surface area contributed by atoms with Gasteiger partial charge in [-0.1, -0.05) is 13.0 Å². The number of halogens is 2. The van der Waals surface area contributed by atoms with Crippen molar-refractivity contribution >= 4 is 11.8 Å². The van der Waals surface area contributed by atoms with Crippen LogP contribution in [0.25, 0.3) is 0 Å². The first kappa shape index (κ1) is 13.5. The second-order valence-corrected chi connectivity index (χ2v) is 4.74. The van der Waals surface area contributed by atoms with E-state index in [-0.39, 0.29) is 6.04 Å². The van der Waals surface area contributed by atoms with E-state index >= 15 is 0 Å². The number of benzene rings is 1. The van der Waals surface area contributed by atoms with Gasteiger partial charge in [0.15, 0.2) is 11.6 Å². The first-order valence-corrected chi connectivity index (χ1v) is 6.54. The van der Waals surface area contributed by atoms with Crippen LogP contribution in [0.15, 0.2) is 18.2 Å². The number of rotatable bonds is 6. The van der Waals surface area contributed by atoms with Crippen molar-refractivity contribution in [3.8, 4) is 0 Å². The summed E-state index contributed by atoms with van der Waals surface area (Å²) >= 11 is 1.81. The van der Waals surface area contributed by atoms with Crippen molar-refractivity contribution in [2.75, 3.05) is 18.6 Å². The first-order chi connectivity index (χ1) is 7.69. The monoisotopic (exact) mass is 245 g/mol. The van der Waals surface area contributed by atoms with Crippen LogP contribution in [-0.2, 0) is 0 Å². The van der Waals surface area contributed by atoms with Gasteiger partial charge in [0.05, 0.1) is 0 Å². The smallest absolute Gasteiger partial charge is 0.159 e. The van der Waals surface area contributed by atoms with Crippen molar-refractivity contribution in [1.29, 1.82) is 0 Å². The molecule has 0 spiro atoms. The summed E-state index contributed by atoms with van der Waals surface area (Å²) in [7, 11) is 1.83. The fraction of sp³-hybridized carbons (Fsp3) is 0.500. The quantitative estimate of drug-likeness (QED) is 0.771. The third-order valence-electron chi connectivity index (χ3n) is 2.33. The topological polar surface area (TPSA) is 12.0 Å². The molecule has 1 aromatic carbocycles. The Morgan fingerprint density at radius 1 is 1.31 bits per heavy atom. The maximum absolute atomic E-state index is 13.1. The zero-order valence-electron chi connectivity index (χ0n) is 9.59. The van der Waals surface area contributed by atoms with E-state index in [9.17, 15) is 8.78 Å². The van der Waals surface area contributed by atoms with Gasteiger partial charge in [-0.15, -0.1) is 0 Å². The van der Waals surface area contributed by atoms with Gasteiger partial charge in [0, 0.05) is 11.8 Å². The molecule has 0 aromatic heterocycles. The molecule has 1 aromatic rings. The van der Waals surface area contributed by atoms with Gasteiger partial charge in [-0.3, -0.25) is 0 Å². The summed E-state index contributed by atoms with van der Waals surface area (Å²) in [6.45, 7) is 2.12. The van der Waals surface area contributed by atoms with Gasteiger partial charge in [-0.05, 0) is 36.9 Å². The SMILES string of the molecule is CCCSCC(NC)c1ccc(F)c(F)c1. The van der Waals surface area contributed by atoms with Gasteiger partial charge in [-0.2, -0.15) is 11.8 Å². The molecule has 16 heavy (non-hydrogen) atoms. The Kier molecular flexibility index (Phi) is 5.77. The average Bonchev–Trinajstić information content (AvgIpc) is 2.29. The lowest BCUT2D eigenvalue weighted by molar-refractivity contribution is 0.504. The van der Waals surface area contributed by atoms with Gasteiger partial charge in [0.25, 0.3) is 0 Å². The second-order valence-electron chi connectivity index (χ2n) is 3.59. The van der Waals surface area contributed by atoms with Crippen molar-refractivity contribution in [1.82, 2.24) is 5.32 Å². The van der Waals surface area contributed by atoms with Crippen LogP contribution in [0.4, 0.5) is 8.78 Å². The number of thioether (sulfide) groups is 1. The van der Waals surface area contributed by atoms with Crippen LogP contribution in [-0.4, -0.2) is 18.6 Å². The highest BCUT2D eigenvalue weighted by Gasteiger charge is 2.11. The van der Waals surface area contributed by atoms with Crippen LogP contribution in [0.5, 0.6) is 0 Å². The molecule has 0 aliphatic heterocycles. The molecule has 1 nitrogen and oxygen atoms in total. The molecule has 0 aliphatic rings. The van der Waals surface area contributed by atoms with Crippen molar-refractivity contribution in [2.24, 2.45) is 0 Å². The van der Waals surface area contributed by atoms with E-state index in [1.165, 1.54) is 12.1 Å². The Bertz CT molecular complexity index is 331. The summed E-state index contributed by atoms with van der Waals surface area (Å²) in [6, 6.07) is 4.15. The minimum atomic E-state index is -0.792. The maximum Gasteiger partial charge on any atom is 0.159 e. The summed E-state index contributed by atoms with van der Waals surface area (Å²) in [4.78, 5) is 0. The van der Waals surface area contributed by atoms with Crippen LogP contribution in [0.3, 0.4) is 0 Å². The van der Waals surface area contributed by atoms with Crippen LogP contribution in [0, 0.1) is 11.6 Å². The first-order valence-electron chi connectivity index (χ1n) is 5.39. The Morgan fingerprint density at radius 3 is 2.62 bits per heavy atom. The molecular weight excluding hydrogens is 228 g/mol. The average molecular weight is 245 g/mol. The summed E-state index contributed by atoms with van der Waals surface area (Å²) < 4.78 is 25.8. The minimum absolute atomic E-state index is 0.0756. The second kappa shape index (κ2) is 6.86. The lowest BCUT2D eigenvalue weighted by atomic mass is 10.1. The fourth-order valence-electron chi connectivity index (χ4n) is 1.42. The van der Waals surface area contributed by atoms with E-state index < -0.39 is 11.6 Å². The van der Waals surface area contributed by atoms with Gasteiger partial charge in [0.2, 0.25) is 0 Å². The van der Waals surface area contributed by atoms with Crippen molar-refractivity contribution < 1.29 is 8.78 Å². The van der Waals surface area contributed by atoms with Crippen LogP contribution in [0.1, 0.15) is 24.9 Å². The molecule has 90 valence electrons. The van der Waals surface area contributed by atoms with E-state index in [2.05, 4.69) is 12.2 Å². The highest BCUT2D eigenvalue weighted by molar-refractivity contribution is 7.99. The minimum Gasteiger partial charge on any atom is -0.312 e. The molecule has 0 aliphatic carbocycles. The van der Waals surface area contributed by atoms with Crippen LogP contribution < -0.4 is 5.32 Å². The molecule has 1 atom stereocenters. The molecule has 0 saturated carbocycles. The largest absolute Gasteiger partial charge is 0.312 e. The Morgan fingerprint density at radius 2 is 2.06 bits per heavy atom. The number of nitrogens with one attached hydrogen (secondary N) is 1. The lowest BCUT2D eigenvalue weighted by Crippen LogP contribution is -2.19.